The molecule has 4 aliphatic rings. The van der Waals surface area contributed by atoms with E-state index < -0.39 is 65.9 Å². The van der Waals surface area contributed by atoms with E-state index in [4.69, 9.17) is 4.74 Å². The van der Waals surface area contributed by atoms with Crippen molar-refractivity contribution < 1.29 is 38.3 Å². The van der Waals surface area contributed by atoms with E-state index in [1.165, 1.54) is 4.90 Å². The number of fused-ring (bicyclic) bond motifs is 1. The molecule has 4 fully saturated rings. The number of nitrogens with one attached hydrogen (secondary N) is 4. The fraction of sp³-hybridized carbons (Fsp3) is 0.675. The van der Waals surface area contributed by atoms with Gasteiger partial charge < -0.3 is 35.8 Å². The van der Waals surface area contributed by atoms with Crippen LogP contribution in [0.2, 0.25) is 0 Å². The van der Waals surface area contributed by atoms with Gasteiger partial charge in [0, 0.05) is 20.6 Å². The third-order valence-electron chi connectivity index (χ3n) is 11.2. The Balaban J connectivity index is 1.27. The van der Waals surface area contributed by atoms with Gasteiger partial charge in [-0.3, -0.25) is 28.8 Å². The van der Waals surface area contributed by atoms with Crippen molar-refractivity contribution in [3.8, 4) is 0 Å². The average Bonchev–Trinajstić information content (AvgIpc) is 3.71. The predicted octanol–water partition coefficient (Wildman–Crippen LogP) is 3.00. The van der Waals surface area contributed by atoms with Crippen LogP contribution in [0.15, 0.2) is 30.3 Å². The van der Waals surface area contributed by atoms with Crippen molar-refractivity contribution in [3.05, 3.63) is 35.9 Å². The number of alkyl carbamates (subject to hydrolysis) is 1. The third-order valence-corrected chi connectivity index (χ3v) is 11.2. The molecule has 6 amide bonds. The molecular weight excluding hydrogens is 692 g/mol. The monoisotopic (exact) mass is 750 g/mol. The molecule has 0 bridgehead atoms. The van der Waals surface area contributed by atoms with Crippen molar-refractivity contribution >= 4 is 41.4 Å². The number of hydrogen-bond acceptors (Lipinski definition) is 8. The summed E-state index contributed by atoms with van der Waals surface area (Å²) >= 11 is 0. The number of likely N-dealkylation sites (N-methyl/N-ethyl adjacent to an activating group) is 1. The van der Waals surface area contributed by atoms with Crippen LogP contribution < -0.4 is 21.3 Å². The zero-order valence-electron chi connectivity index (χ0n) is 32.4. The van der Waals surface area contributed by atoms with Crippen LogP contribution in [-0.2, 0) is 33.5 Å². The van der Waals surface area contributed by atoms with Gasteiger partial charge in [0.25, 0.3) is 5.91 Å². The number of Topliss-reactive ketones (excluding diaryl/α,β-unsaturated/α-hetero) is 1. The lowest BCUT2D eigenvalue weighted by atomic mass is 9.83. The Kier molecular flexibility index (Phi) is 13.4. The molecule has 14 nitrogen and oxygen atoms in total. The number of hydrogen-bond donors (Lipinski definition) is 4. The van der Waals surface area contributed by atoms with Crippen LogP contribution in [0.5, 0.6) is 0 Å². The number of rotatable bonds is 14. The Hall–Kier alpha value is -4.49. The van der Waals surface area contributed by atoms with Crippen LogP contribution in [0.1, 0.15) is 103 Å². The van der Waals surface area contributed by atoms with Gasteiger partial charge in [-0.15, -0.1) is 0 Å². The van der Waals surface area contributed by atoms with Crippen LogP contribution in [0, 0.1) is 23.7 Å². The minimum Gasteiger partial charge on any atom is -0.444 e. The van der Waals surface area contributed by atoms with Crippen molar-refractivity contribution in [3.63, 3.8) is 0 Å². The molecule has 1 aromatic carbocycles. The first-order valence-electron chi connectivity index (χ1n) is 19.6. The molecule has 1 unspecified atom stereocenters. The van der Waals surface area contributed by atoms with Gasteiger partial charge in [-0.2, -0.15) is 0 Å². The van der Waals surface area contributed by atoms with Crippen LogP contribution in [0.4, 0.5) is 4.79 Å². The molecular formula is C40H58N6O8. The summed E-state index contributed by atoms with van der Waals surface area (Å²) in [5.41, 5.74) is -0.194. The van der Waals surface area contributed by atoms with Crippen molar-refractivity contribution in [2.75, 3.05) is 27.2 Å². The molecule has 1 saturated heterocycles. The highest BCUT2D eigenvalue weighted by molar-refractivity contribution is 6.38. The molecule has 0 radical (unpaired) electrons. The van der Waals surface area contributed by atoms with Gasteiger partial charge in [0.2, 0.25) is 29.4 Å². The molecule has 0 aromatic heterocycles. The first-order chi connectivity index (χ1) is 25.6. The molecule has 1 aromatic rings. The summed E-state index contributed by atoms with van der Waals surface area (Å²) in [6, 6.07) is 4.85. The van der Waals surface area contributed by atoms with Crippen molar-refractivity contribution in [2.24, 2.45) is 23.7 Å². The summed E-state index contributed by atoms with van der Waals surface area (Å²) in [6.07, 6.45) is 8.33. The van der Waals surface area contributed by atoms with E-state index in [1.807, 2.05) is 0 Å². The van der Waals surface area contributed by atoms with Crippen molar-refractivity contribution in [2.45, 2.75) is 121 Å². The molecule has 296 valence electrons. The normalized spacial score (nSPS) is 22.9. The lowest BCUT2D eigenvalue weighted by Crippen LogP contribution is -2.59. The molecule has 1 heterocycles. The summed E-state index contributed by atoms with van der Waals surface area (Å²) in [6.45, 7) is 5.10. The first kappa shape index (κ1) is 40.7. The predicted molar refractivity (Wildman–Crippen MR) is 199 cm³/mol. The van der Waals surface area contributed by atoms with Crippen LogP contribution in [0.3, 0.4) is 0 Å². The van der Waals surface area contributed by atoms with E-state index in [-0.39, 0.29) is 41.9 Å². The quantitative estimate of drug-likeness (QED) is 0.209. The fourth-order valence-corrected chi connectivity index (χ4v) is 8.31. The van der Waals surface area contributed by atoms with Gasteiger partial charge in [0.15, 0.2) is 0 Å². The number of carbonyl (C=O) groups is 7. The molecule has 0 spiro atoms. The highest BCUT2D eigenvalue weighted by Crippen LogP contribution is 2.43. The van der Waals surface area contributed by atoms with E-state index >= 15 is 0 Å². The maximum atomic E-state index is 14.5. The van der Waals surface area contributed by atoms with Gasteiger partial charge in [-0.25, -0.2) is 4.79 Å². The number of benzene rings is 1. The standard InChI is InChI=1S/C40H58N6O8/c1-40(2,3)54-39(53)44-32(26-15-10-7-11-16-26)38(52)46-23-27-17-12-18-28(27)33(46)35(49)42-29(21-24-19-20-24)34(48)36(50)41-22-30(47)43-31(37(51)45(4)5)25-13-8-6-9-14-25/h6,8-9,13-14,24,26-29,31-33H,7,10-12,15-23H2,1-5H3,(H,41,50)(H,42,49)(H,43,47)(H,44,53)/t27-,28-,29?,31-,32-,33-/m0/s1. The molecule has 5 rings (SSSR count). The molecule has 14 heteroatoms. The minimum atomic E-state index is -1.15. The SMILES string of the molecule is CN(C)C(=O)[C@@H](NC(=O)CNC(=O)C(=O)C(CC1CC1)NC(=O)[C@@H]1[C@H]2CCC[C@H]2CN1C(=O)[C@@H](NC(=O)OC(C)(C)C)C1CCCCC1)c1ccccc1. The Morgan fingerprint density at radius 1 is 0.852 bits per heavy atom. The topological polar surface area (TPSA) is 183 Å². The molecule has 6 atom stereocenters. The van der Waals surface area contributed by atoms with Crippen molar-refractivity contribution in [1.82, 2.24) is 31.1 Å². The fourth-order valence-electron chi connectivity index (χ4n) is 8.31. The smallest absolute Gasteiger partial charge is 0.408 e. The largest absolute Gasteiger partial charge is 0.444 e. The highest BCUT2D eigenvalue weighted by atomic mass is 16.6. The van der Waals surface area contributed by atoms with Gasteiger partial charge in [0.1, 0.15) is 23.7 Å². The van der Waals surface area contributed by atoms with Crippen LogP contribution in [-0.4, -0.2) is 102 Å². The Morgan fingerprint density at radius 2 is 1.54 bits per heavy atom. The molecule has 4 N–H and O–H groups in total. The number of ketones is 1. The molecule has 54 heavy (non-hydrogen) atoms. The van der Waals surface area contributed by atoms with Crippen LogP contribution in [0.25, 0.3) is 0 Å². The van der Waals surface area contributed by atoms with E-state index in [9.17, 15) is 33.6 Å². The Morgan fingerprint density at radius 3 is 2.17 bits per heavy atom. The Bertz CT molecular complexity index is 1550. The second-order valence-corrected chi connectivity index (χ2v) is 16.7. The average molecular weight is 751 g/mol. The van der Waals surface area contributed by atoms with Crippen molar-refractivity contribution in [1.29, 1.82) is 0 Å². The van der Waals surface area contributed by atoms with E-state index in [0.29, 0.717) is 12.1 Å². The number of likely N-dealkylation sites (tertiary alicyclic amines) is 1. The highest BCUT2D eigenvalue weighted by Gasteiger charge is 2.52. The maximum absolute atomic E-state index is 14.5. The lowest BCUT2D eigenvalue weighted by molar-refractivity contribution is -0.144. The summed E-state index contributed by atoms with van der Waals surface area (Å²) in [4.78, 5) is 97.4. The van der Waals surface area contributed by atoms with Gasteiger partial charge in [-0.1, -0.05) is 68.9 Å². The summed E-state index contributed by atoms with van der Waals surface area (Å²) in [7, 11) is 3.14. The number of amides is 6. The van der Waals surface area contributed by atoms with E-state index in [1.54, 1.807) is 70.1 Å². The number of carbonyl (C=O) groups excluding carboxylic acids is 7. The lowest BCUT2D eigenvalue weighted by Gasteiger charge is -2.36. The van der Waals surface area contributed by atoms with E-state index in [2.05, 4.69) is 21.3 Å². The zero-order valence-corrected chi connectivity index (χ0v) is 32.4. The molecule has 1 aliphatic heterocycles. The summed E-state index contributed by atoms with van der Waals surface area (Å²) < 4.78 is 5.54. The summed E-state index contributed by atoms with van der Waals surface area (Å²) in [5, 5.41) is 10.8. The summed E-state index contributed by atoms with van der Waals surface area (Å²) in [5.74, 6) is -3.68. The number of ether oxygens (including phenoxy) is 1. The molecule has 3 saturated carbocycles. The van der Waals surface area contributed by atoms with Gasteiger partial charge >= 0.3 is 6.09 Å². The van der Waals surface area contributed by atoms with Crippen LogP contribution >= 0.6 is 0 Å². The second kappa shape index (κ2) is 17.8. The number of nitrogens with zero attached hydrogens (tertiary/aromatic N) is 2. The van der Waals surface area contributed by atoms with Gasteiger partial charge in [0.05, 0.1) is 12.6 Å². The first-order valence-corrected chi connectivity index (χ1v) is 19.6. The molecule has 3 aliphatic carbocycles. The van der Waals surface area contributed by atoms with Gasteiger partial charge in [-0.05, 0) is 82.1 Å². The minimum absolute atomic E-state index is 0.100. The zero-order chi connectivity index (χ0) is 39.2. The maximum Gasteiger partial charge on any atom is 0.408 e. The third kappa shape index (κ3) is 10.6. The second-order valence-electron chi connectivity index (χ2n) is 16.7. The Labute approximate surface area is 318 Å². The van der Waals surface area contributed by atoms with E-state index in [0.717, 1.165) is 64.2 Å².